The van der Waals surface area contributed by atoms with Gasteiger partial charge in [0.1, 0.15) is 0 Å². The summed E-state index contributed by atoms with van der Waals surface area (Å²) >= 11 is 0. The molecule has 1 heterocycles. The fraction of sp³-hybridized carbons (Fsp3) is 0.360. The molecule has 0 amide bonds. The molecule has 2 N–H and O–H groups in total. The van der Waals surface area contributed by atoms with Crippen LogP contribution >= 0.6 is 24.0 Å². The van der Waals surface area contributed by atoms with Crippen LogP contribution in [0.3, 0.4) is 0 Å². The topological polar surface area (TPSA) is 72.7 Å². The molecule has 0 unspecified atom stereocenters. The van der Waals surface area contributed by atoms with Crippen molar-refractivity contribution in [2.45, 2.75) is 26.5 Å². The summed E-state index contributed by atoms with van der Waals surface area (Å²) in [6, 6.07) is 18.8. The van der Waals surface area contributed by atoms with Gasteiger partial charge in [-0.2, -0.15) is 5.10 Å². The van der Waals surface area contributed by atoms with Crippen molar-refractivity contribution in [2.75, 3.05) is 33.4 Å². The molecule has 3 rings (SSSR count). The molecule has 0 aliphatic heterocycles. The largest absolute Gasteiger partial charge is 0.379 e. The van der Waals surface area contributed by atoms with E-state index in [-0.39, 0.29) is 24.0 Å². The van der Waals surface area contributed by atoms with Crippen LogP contribution in [0.15, 0.2) is 72.0 Å². The number of nitrogens with zero attached hydrogens (tertiary/aromatic N) is 3. The molecule has 0 atom stereocenters. The van der Waals surface area contributed by atoms with Gasteiger partial charge in [-0.1, -0.05) is 36.4 Å². The molecule has 8 heteroatoms. The van der Waals surface area contributed by atoms with Gasteiger partial charge in [0.15, 0.2) is 5.96 Å². The fourth-order valence-corrected chi connectivity index (χ4v) is 3.25. The lowest BCUT2D eigenvalue weighted by Gasteiger charge is -2.13. The Balaban J connectivity index is 0.00000385. The minimum atomic E-state index is 0. The summed E-state index contributed by atoms with van der Waals surface area (Å²) in [7, 11) is 1.79. The van der Waals surface area contributed by atoms with Crippen molar-refractivity contribution < 1.29 is 9.47 Å². The Morgan fingerprint density at radius 2 is 1.76 bits per heavy atom. The van der Waals surface area contributed by atoms with E-state index in [0.717, 1.165) is 36.8 Å². The zero-order chi connectivity index (χ0) is 22.4. The third-order valence-electron chi connectivity index (χ3n) is 4.93. The molecule has 0 saturated heterocycles. The van der Waals surface area contributed by atoms with E-state index in [9.17, 15) is 0 Å². The smallest absolute Gasteiger partial charge is 0.191 e. The molecule has 33 heavy (non-hydrogen) atoms. The molecule has 0 fully saturated rings. The molecule has 0 radical (unpaired) electrons. The van der Waals surface area contributed by atoms with Crippen LogP contribution in [-0.4, -0.2) is 49.2 Å². The first-order chi connectivity index (χ1) is 15.8. The number of rotatable bonds is 12. The number of hydrogen-bond acceptors (Lipinski definition) is 4. The molecule has 3 aromatic rings. The van der Waals surface area contributed by atoms with Crippen molar-refractivity contribution in [3.8, 4) is 5.69 Å². The first kappa shape index (κ1) is 26.8. The number of guanidine groups is 1. The molecule has 0 aliphatic rings. The van der Waals surface area contributed by atoms with Crippen molar-refractivity contribution in [1.29, 1.82) is 0 Å². The van der Waals surface area contributed by atoms with Crippen LogP contribution in [0.5, 0.6) is 0 Å². The van der Waals surface area contributed by atoms with E-state index in [2.05, 4.69) is 69.3 Å². The van der Waals surface area contributed by atoms with E-state index in [1.807, 2.05) is 23.9 Å². The summed E-state index contributed by atoms with van der Waals surface area (Å²) in [5.74, 6) is 0.788. The van der Waals surface area contributed by atoms with Gasteiger partial charge in [0.05, 0.1) is 25.5 Å². The summed E-state index contributed by atoms with van der Waals surface area (Å²) in [5.41, 5.74) is 4.67. The molecule has 1 aromatic heterocycles. The maximum Gasteiger partial charge on any atom is 0.191 e. The highest BCUT2D eigenvalue weighted by Gasteiger charge is 2.02. The predicted molar refractivity (Wildman–Crippen MR) is 143 cm³/mol. The number of benzene rings is 2. The lowest BCUT2D eigenvalue weighted by atomic mass is 10.1. The van der Waals surface area contributed by atoms with Gasteiger partial charge in [-0.25, -0.2) is 4.68 Å². The minimum Gasteiger partial charge on any atom is -0.379 e. The Morgan fingerprint density at radius 1 is 0.970 bits per heavy atom. The highest BCUT2D eigenvalue weighted by atomic mass is 127. The number of hydrogen-bond donors (Lipinski definition) is 2. The predicted octanol–water partition coefficient (Wildman–Crippen LogP) is 3.95. The average Bonchev–Trinajstić information content (AvgIpc) is 3.37. The van der Waals surface area contributed by atoms with Crippen LogP contribution in [0, 0.1) is 0 Å². The first-order valence-corrected chi connectivity index (χ1v) is 11.0. The average molecular weight is 563 g/mol. The quantitative estimate of drug-likeness (QED) is 0.151. The van der Waals surface area contributed by atoms with Crippen molar-refractivity contribution in [1.82, 2.24) is 20.4 Å². The second kappa shape index (κ2) is 15.4. The van der Waals surface area contributed by atoms with E-state index in [1.165, 1.54) is 11.1 Å². The summed E-state index contributed by atoms with van der Waals surface area (Å²) < 4.78 is 12.8. The molecule has 2 aromatic carbocycles. The minimum absolute atomic E-state index is 0. The van der Waals surface area contributed by atoms with E-state index in [0.29, 0.717) is 26.4 Å². The van der Waals surface area contributed by atoms with Crippen molar-refractivity contribution in [2.24, 2.45) is 4.99 Å². The summed E-state index contributed by atoms with van der Waals surface area (Å²) in [6.45, 7) is 6.04. The lowest BCUT2D eigenvalue weighted by molar-refractivity contribution is 0.0453. The number of ether oxygens (including phenoxy) is 2. The first-order valence-electron chi connectivity index (χ1n) is 11.0. The van der Waals surface area contributed by atoms with Gasteiger partial charge in [-0.05, 0) is 48.2 Å². The molecule has 0 saturated carbocycles. The Morgan fingerprint density at radius 3 is 2.48 bits per heavy atom. The Hall–Kier alpha value is -2.43. The molecular formula is C25H34IN5O2. The van der Waals surface area contributed by atoms with Crippen molar-refractivity contribution in [3.63, 3.8) is 0 Å². The fourth-order valence-electron chi connectivity index (χ4n) is 3.25. The number of halogens is 1. The van der Waals surface area contributed by atoms with E-state index in [4.69, 9.17) is 9.47 Å². The molecule has 178 valence electrons. The third kappa shape index (κ3) is 9.53. The van der Waals surface area contributed by atoms with Crippen LogP contribution in [0.4, 0.5) is 0 Å². The van der Waals surface area contributed by atoms with E-state index >= 15 is 0 Å². The molecule has 0 aliphatic carbocycles. The Labute approximate surface area is 213 Å². The Kier molecular flexibility index (Phi) is 12.5. The van der Waals surface area contributed by atoms with Crippen LogP contribution in [-0.2, 0) is 29.0 Å². The summed E-state index contributed by atoms with van der Waals surface area (Å²) in [5, 5.41) is 11.0. The van der Waals surface area contributed by atoms with Gasteiger partial charge < -0.3 is 20.1 Å². The van der Waals surface area contributed by atoms with Gasteiger partial charge in [-0.15, -0.1) is 24.0 Å². The number of aromatic nitrogens is 2. The maximum absolute atomic E-state index is 5.66. The molecule has 7 nitrogen and oxygen atoms in total. The summed E-state index contributed by atoms with van der Waals surface area (Å²) in [6.07, 6.45) is 4.64. The number of nitrogens with one attached hydrogen (secondary N) is 2. The molecule has 0 bridgehead atoms. The third-order valence-corrected chi connectivity index (χ3v) is 4.93. The standard InChI is InChI=1S/C25H33N5O2.HI/c1-3-31-16-17-32-20-23-7-4-6-22(18-23)19-28-25(26-2)27-14-12-21-8-10-24(11-9-21)30-15-5-13-29-30;/h4-11,13,15,18H,3,12,14,16-17,19-20H2,1-2H3,(H2,26,27,28);1H. The Bertz CT molecular complexity index is 946. The zero-order valence-electron chi connectivity index (χ0n) is 19.4. The van der Waals surface area contributed by atoms with Gasteiger partial charge in [0.25, 0.3) is 0 Å². The van der Waals surface area contributed by atoms with Gasteiger partial charge >= 0.3 is 0 Å². The monoisotopic (exact) mass is 563 g/mol. The second-order valence-electron chi connectivity index (χ2n) is 7.29. The second-order valence-corrected chi connectivity index (χ2v) is 7.29. The van der Waals surface area contributed by atoms with Gasteiger partial charge in [0.2, 0.25) is 0 Å². The van der Waals surface area contributed by atoms with Crippen LogP contribution in [0.25, 0.3) is 5.69 Å². The van der Waals surface area contributed by atoms with E-state index < -0.39 is 0 Å². The normalized spacial score (nSPS) is 11.2. The number of aliphatic imine (C=N–C) groups is 1. The van der Waals surface area contributed by atoms with Crippen LogP contribution < -0.4 is 10.6 Å². The van der Waals surface area contributed by atoms with Crippen LogP contribution in [0.2, 0.25) is 0 Å². The van der Waals surface area contributed by atoms with Crippen LogP contribution in [0.1, 0.15) is 23.6 Å². The van der Waals surface area contributed by atoms with Gasteiger partial charge in [0, 0.05) is 39.1 Å². The van der Waals surface area contributed by atoms with Crippen molar-refractivity contribution >= 4 is 29.9 Å². The zero-order valence-corrected chi connectivity index (χ0v) is 21.7. The summed E-state index contributed by atoms with van der Waals surface area (Å²) in [4.78, 5) is 4.33. The SMILES string of the molecule is CCOCCOCc1cccc(CNC(=NC)NCCc2ccc(-n3cccn3)cc2)c1.I. The molecule has 0 spiro atoms. The van der Waals surface area contributed by atoms with E-state index in [1.54, 1.807) is 13.2 Å². The highest BCUT2D eigenvalue weighted by Crippen LogP contribution is 2.09. The maximum atomic E-state index is 5.66. The van der Waals surface area contributed by atoms with Gasteiger partial charge in [-0.3, -0.25) is 4.99 Å². The highest BCUT2D eigenvalue weighted by molar-refractivity contribution is 14.0. The molecular weight excluding hydrogens is 529 g/mol. The van der Waals surface area contributed by atoms with Crippen molar-refractivity contribution in [3.05, 3.63) is 83.7 Å². The lowest BCUT2D eigenvalue weighted by Crippen LogP contribution is -2.37.